The van der Waals surface area contributed by atoms with Crippen molar-refractivity contribution >= 4 is 11.8 Å². The lowest BCUT2D eigenvalue weighted by molar-refractivity contribution is 0.922. The molecule has 0 aromatic heterocycles. The maximum Gasteiger partial charge on any atom is 0.0284 e. The predicted octanol–water partition coefficient (Wildman–Crippen LogP) is 3.74. The summed E-state index contributed by atoms with van der Waals surface area (Å²) in [6.07, 6.45) is 6.34. The number of hydrogen-bond donors (Lipinski definition) is 0. The molecule has 0 saturated carbocycles. The normalized spacial score (nSPS) is 12.3. The van der Waals surface area contributed by atoms with Gasteiger partial charge in [0, 0.05) is 13.3 Å². The van der Waals surface area contributed by atoms with E-state index in [1.54, 1.807) is 7.05 Å². The third kappa shape index (κ3) is 3.35. The lowest BCUT2D eigenvalue weighted by Gasteiger charge is -2.03. The van der Waals surface area contributed by atoms with Gasteiger partial charge in [0.05, 0.1) is 0 Å². The molecule has 1 aromatic carbocycles. The fourth-order valence-corrected chi connectivity index (χ4v) is 1.61. The second-order valence-corrected chi connectivity index (χ2v) is 3.58. The van der Waals surface area contributed by atoms with Crippen LogP contribution in [0.3, 0.4) is 0 Å². The Hall–Kier alpha value is -1.37. The van der Waals surface area contributed by atoms with E-state index in [0.717, 1.165) is 6.42 Å². The van der Waals surface area contributed by atoms with Gasteiger partial charge in [-0.1, -0.05) is 43.7 Å². The molecule has 80 valence electrons. The number of aryl methyl sites for hydroxylation is 1. The third-order valence-corrected chi connectivity index (χ3v) is 2.41. The van der Waals surface area contributed by atoms with Crippen LogP contribution < -0.4 is 0 Å². The summed E-state index contributed by atoms with van der Waals surface area (Å²) in [7, 11) is 1.80. The van der Waals surface area contributed by atoms with Gasteiger partial charge in [0.1, 0.15) is 0 Å². The zero-order chi connectivity index (χ0) is 11.1. The summed E-state index contributed by atoms with van der Waals surface area (Å²) in [5.41, 5.74) is 3.83. The highest BCUT2D eigenvalue weighted by atomic mass is 14.6. The summed E-state index contributed by atoms with van der Waals surface area (Å²) >= 11 is 0. The first-order valence-corrected chi connectivity index (χ1v) is 5.49. The minimum Gasteiger partial charge on any atom is -0.296 e. The molecule has 0 heterocycles. The van der Waals surface area contributed by atoms with Crippen molar-refractivity contribution in [1.82, 2.24) is 0 Å². The van der Waals surface area contributed by atoms with Gasteiger partial charge in [-0.15, -0.1) is 0 Å². The zero-order valence-corrected chi connectivity index (χ0v) is 9.83. The van der Waals surface area contributed by atoms with Crippen LogP contribution in [0.25, 0.3) is 5.57 Å². The van der Waals surface area contributed by atoms with E-state index in [1.807, 2.05) is 13.1 Å². The lowest BCUT2D eigenvalue weighted by Crippen LogP contribution is -1.88. The average Bonchev–Trinajstić information content (AvgIpc) is 2.28. The molecule has 0 atom stereocenters. The summed E-state index contributed by atoms with van der Waals surface area (Å²) in [4.78, 5) is 4.05. The monoisotopic (exact) mass is 201 g/mol. The zero-order valence-electron chi connectivity index (χ0n) is 9.83. The van der Waals surface area contributed by atoms with Crippen LogP contribution in [0.15, 0.2) is 35.3 Å². The fraction of sp³-hybridized carbons (Fsp3) is 0.357. The van der Waals surface area contributed by atoms with Crippen LogP contribution in [0, 0.1) is 0 Å². The molecule has 0 radical (unpaired) electrons. The molecular weight excluding hydrogens is 182 g/mol. The second-order valence-electron chi connectivity index (χ2n) is 3.58. The number of hydrogen-bond acceptors (Lipinski definition) is 1. The van der Waals surface area contributed by atoms with Gasteiger partial charge >= 0.3 is 0 Å². The van der Waals surface area contributed by atoms with Crippen molar-refractivity contribution < 1.29 is 0 Å². The van der Waals surface area contributed by atoms with E-state index in [-0.39, 0.29) is 0 Å². The molecule has 1 rings (SSSR count). The first-order valence-electron chi connectivity index (χ1n) is 5.49. The second kappa shape index (κ2) is 6.18. The van der Waals surface area contributed by atoms with Crippen LogP contribution in [-0.4, -0.2) is 13.3 Å². The van der Waals surface area contributed by atoms with Gasteiger partial charge in [-0.2, -0.15) is 0 Å². The van der Waals surface area contributed by atoms with Crippen LogP contribution >= 0.6 is 0 Å². The molecule has 1 aromatic rings. The van der Waals surface area contributed by atoms with Crippen LogP contribution in [0.4, 0.5) is 0 Å². The molecule has 1 heteroatoms. The molecule has 0 amide bonds. The Morgan fingerprint density at radius 1 is 1.27 bits per heavy atom. The van der Waals surface area contributed by atoms with Gasteiger partial charge < -0.3 is 0 Å². The van der Waals surface area contributed by atoms with Gasteiger partial charge in [-0.25, -0.2) is 0 Å². The van der Waals surface area contributed by atoms with Gasteiger partial charge in [0.25, 0.3) is 0 Å². The van der Waals surface area contributed by atoms with Crippen LogP contribution in [0.1, 0.15) is 31.4 Å². The van der Waals surface area contributed by atoms with E-state index in [1.165, 1.54) is 23.1 Å². The van der Waals surface area contributed by atoms with E-state index in [0.29, 0.717) is 0 Å². The standard InChI is InChI=1S/C14H19N/c1-4-6-12-7-9-14(10-8-12)13(5-2)11-15-3/h5,7-11H,4,6H2,1-3H3/b13-5+,15-11?. The molecule has 1 nitrogen and oxygen atoms in total. The van der Waals surface area contributed by atoms with Crippen LogP contribution in [0.5, 0.6) is 0 Å². The van der Waals surface area contributed by atoms with Gasteiger partial charge in [0.15, 0.2) is 0 Å². The molecule has 0 saturated heterocycles. The Bertz CT molecular complexity index is 344. The quantitative estimate of drug-likeness (QED) is 0.658. The Kier molecular flexibility index (Phi) is 4.82. The minimum absolute atomic E-state index is 1.16. The fourth-order valence-electron chi connectivity index (χ4n) is 1.61. The van der Waals surface area contributed by atoms with Crippen molar-refractivity contribution in [3.8, 4) is 0 Å². The molecular formula is C14H19N. The molecule has 0 N–H and O–H groups in total. The highest BCUT2D eigenvalue weighted by molar-refractivity contribution is 6.09. The van der Waals surface area contributed by atoms with Gasteiger partial charge in [-0.05, 0) is 30.0 Å². The molecule has 0 aliphatic rings. The lowest BCUT2D eigenvalue weighted by atomic mass is 10.0. The molecule has 0 aliphatic carbocycles. The Morgan fingerprint density at radius 2 is 1.93 bits per heavy atom. The highest BCUT2D eigenvalue weighted by Crippen LogP contribution is 2.14. The number of aliphatic imine (C=N–C) groups is 1. The Morgan fingerprint density at radius 3 is 2.40 bits per heavy atom. The van der Waals surface area contributed by atoms with E-state index in [9.17, 15) is 0 Å². The summed E-state index contributed by atoms with van der Waals surface area (Å²) < 4.78 is 0. The molecule has 0 fully saturated rings. The summed E-state index contributed by atoms with van der Waals surface area (Å²) in [6.45, 7) is 4.24. The molecule has 0 bridgehead atoms. The first kappa shape index (κ1) is 11.7. The maximum absolute atomic E-state index is 4.05. The average molecular weight is 201 g/mol. The van der Waals surface area contributed by atoms with E-state index in [2.05, 4.69) is 42.3 Å². The third-order valence-electron chi connectivity index (χ3n) is 2.41. The highest BCUT2D eigenvalue weighted by Gasteiger charge is 1.97. The van der Waals surface area contributed by atoms with Crippen molar-refractivity contribution in [2.75, 3.05) is 7.05 Å². The smallest absolute Gasteiger partial charge is 0.0284 e. The van der Waals surface area contributed by atoms with E-state index < -0.39 is 0 Å². The Balaban J connectivity index is 2.87. The molecule has 0 aliphatic heterocycles. The molecule has 15 heavy (non-hydrogen) atoms. The maximum atomic E-state index is 4.05. The molecule has 0 spiro atoms. The van der Waals surface area contributed by atoms with Gasteiger partial charge in [-0.3, -0.25) is 4.99 Å². The predicted molar refractivity (Wildman–Crippen MR) is 68.5 cm³/mol. The number of rotatable bonds is 4. The summed E-state index contributed by atoms with van der Waals surface area (Å²) in [5.74, 6) is 0. The number of benzene rings is 1. The molecule has 0 unspecified atom stereocenters. The summed E-state index contributed by atoms with van der Waals surface area (Å²) in [6, 6.07) is 8.74. The van der Waals surface area contributed by atoms with E-state index >= 15 is 0 Å². The van der Waals surface area contributed by atoms with Crippen LogP contribution in [-0.2, 0) is 6.42 Å². The minimum atomic E-state index is 1.16. The van der Waals surface area contributed by atoms with Crippen LogP contribution in [0.2, 0.25) is 0 Å². The summed E-state index contributed by atoms with van der Waals surface area (Å²) in [5, 5.41) is 0. The van der Waals surface area contributed by atoms with Crippen molar-refractivity contribution in [1.29, 1.82) is 0 Å². The number of allylic oxidation sites excluding steroid dienone is 2. The number of nitrogens with zero attached hydrogens (tertiary/aromatic N) is 1. The SMILES string of the molecule is C/C=C(\C=NC)c1ccc(CCC)cc1. The van der Waals surface area contributed by atoms with E-state index in [4.69, 9.17) is 0 Å². The van der Waals surface area contributed by atoms with Crippen molar-refractivity contribution in [2.45, 2.75) is 26.7 Å². The largest absolute Gasteiger partial charge is 0.296 e. The van der Waals surface area contributed by atoms with Crippen molar-refractivity contribution in [3.63, 3.8) is 0 Å². The van der Waals surface area contributed by atoms with Gasteiger partial charge in [0.2, 0.25) is 0 Å². The topological polar surface area (TPSA) is 12.4 Å². The Labute approximate surface area is 92.6 Å². The first-order chi connectivity index (χ1) is 7.31. The van der Waals surface area contributed by atoms with Crippen molar-refractivity contribution in [3.05, 3.63) is 41.5 Å². The van der Waals surface area contributed by atoms with Crippen molar-refractivity contribution in [2.24, 2.45) is 4.99 Å².